The summed E-state index contributed by atoms with van der Waals surface area (Å²) >= 11 is 7.02. The molecule has 0 radical (unpaired) electrons. The second-order valence-corrected chi connectivity index (χ2v) is 10.2. The highest BCUT2D eigenvalue weighted by Gasteiger charge is 2.44. The molecular formula is C18H10I2S. The Kier molecular flexibility index (Phi) is 2.83. The largest absolute Gasteiger partial charge is 0.122 e. The Morgan fingerprint density at radius 3 is 1.29 bits per heavy atom. The normalized spacial score (nSPS) is 20.9. The van der Waals surface area contributed by atoms with Crippen molar-refractivity contribution in [3.8, 4) is 0 Å². The van der Waals surface area contributed by atoms with Crippen molar-refractivity contribution in [1.29, 1.82) is 0 Å². The molecule has 0 aliphatic heterocycles. The maximum atomic E-state index is 2.53. The van der Waals surface area contributed by atoms with Crippen LogP contribution in [0.15, 0.2) is 48.5 Å². The zero-order valence-electron chi connectivity index (χ0n) is 10.9. The first-order chi connectivity index (χ1) is 10.3. The van der Waals surface area contributed by atoms with Gasteiger partial charge in [0.2, 0.25) is 0 Å². The molecule has 0 atom stereocenters. The zero-order chi connectivity index (χ0) is 14.1. The van der Waals surface area contributed by atoms with Crippen LogP contribution >= 0.6 is 56.5 Å². The predicted molar refractivity (Wildman–Crippen MR) is 105 cm³/mol. The molecule has 102 valence electrons. The van der Waals surface area contributed by atoms with E-state index in [1.165, 1.54) is 28.0 Å². The number of thiophene rings is 1. The fourth-order valence-electron chi connectivity index (χ4n) is 3.97. The van der Waals surface area contributed by atoms with Gasteiger partial charge in [-0.2, -0.15) is 0 Å². The van der Waals surface area contributed by atoms with Crippen LogP contribution < -0.4 is 0 Å². The van der Waals surface area contributed by atoms with E-state index in [1.807, 2.05) is 11.3 Å². The highest BCUT2D eigenvalue weighted by Crippen LogP contribution is 2.59. The topological polar surface area (TPSA) is 0 Å². The van der Waals surface area contributed by atoms with Crippen LogP contribution in [-0.4, -0.2) is 0 Å². The van der Waals surface area contributed by atoms with Gasteiger partial charge in [-0.3, -0.25) is 0 Å². The average molecular weight is 512 g/mol. The molecular weight excluding hydrogens is 502 g/mol. The Morgan fingerprint density at radius 2 is 0.952 bits per heavy atom. The molecule has 3 aromatic rings. The molecule has 6 rings (SSSR count). The van der Waals surface area contributed by atoms with Gasteiger partial charge < -0.3 is 0 Å². The SMILES string of the molecule is Ic1sc(I)c2c1C1c3ccccc3C2c2ccccc21. The van der Waals surface area contributed by atoms with E-state index >= 15 is 0 Å². The Labute approximate surface area is 154 Å². The number of rotatable bonds is 0. The van der Waals surface area contributed by atoms with Crippen molar-refractivity contribution in [2.75, 3.05) is 0 Å². The molecule has 0 saturated heterocycles. The molecule has 0 spiro atoms. The Morgan fingerprint density at radius 1 is 0.619 bits per heavy atom. The van der Waals surface area contributed by atoms with Gasteiger partial charge in [0.1, 0.15) is 0 Å². The zero-order valence-corrected chi connectivity index (χ0v) is 16.1. The third-order valence-corrected chi connectivity index (χ3v) is 7.99. The van der Waals surface area contributed by atoms with Gasteiger partial charge in [0, 0.05) is 11.8 Å². The summed E-state index contributed by atoms with van der Waals surface area (Å²) in [6.07, 6.45) is 0. The molecule has 1 heterocycles. The first kappa shape index (κ1) is 13.1. The van der Waals surface area contributed by atoms with Crippen molar-refractivity contribution in [3.63, 3.8) is 0 Å². The molecule has 0 fully saturated rings. The summed E-state index contributed by atoms with van der Waals surface area (Å²) in [7, 11) is 0. The third-order valence-electron chi connectivity index (χ3n) is 4.71. The van der Waals surface area contributed by atoms with Crippen LogP contribution in [-0.2, 0) is 0 Å². The lowest BCUT2D eigenvalue weighted by Gasteiger charge is -2.41. The van der Waals surface area contributed by atoms with Crippen LogP contribution in [0, 0.1) is 5.77 Å². The second kappa shape index (κ2) is 4.55. The molecule has 3 aliphatic rings. The fraction of sp³-hybridized carbons (Fsp3) is 0.111. The summed E-state index contributed by atoms with van der Waals surface area (Å²) in [5.74, 6) is 0.869. The van der Waals surface area contributed by atoms with E-state index < -0.39 is 0 Å². The summed E-state index contributed by atoms with van der Waals surface area (Å²) in [6.45, 7) is 0. The van der Waals surface area contributed by atoms with E-state index in [9.17, 15) is 0 Å². The van der Waals surface area contributed by atoms with Gasteiger partial charge in [-0.05, 0) is 78.6 Å². The molecule has 1 aromatic heterocycles. The lowest BCUT2D eigenvalue weighted by atomic mass is 9.62. The Balaban J connectivity index is 1.95. The molecule has 3 heteroatoms. The first-order valence-electron chi connectivity index (χ1n) is 6.92. The molecule has 0 N–H and O–H groups in total. The van der Waals surface area contributed by atoms with Crippen LogP contribution in [0.5, 0.6) is 0 Å². The van der Waals surface area contributed by atoms with E-state index in [4.69, 9.17) is 0 Å². The van der Waals surface area contributed by atoms with Crippen LogP contribution in [0.2, 0.25) is 0 Å². The summed E-state index contributed by atoms with van der Waals surface area (Å²) in [5, 5.41) is 0. The monoisotopic (exact) mass is 512 g/mol. The van der Waals surface area contributed by atoms with Crippen LogP contribution in [0.1, 0.15) is 45.2 Å². The molecule has 3 aliphatic carbocycles. The van der Waals surface area contributed by atoms with Crippen LogP contribution in [0.3, 0.4) is 0 Å². The molecule has 2 aromatic carbocycles. The molecule has 0 saturated carbocycles. The standard InChI is InChI=1S/C18H10I2S/c19-17-15-13-9-5-1-2-6-10(9)14(16(15)18(20)21-17)12-8-4-3-7-11(12)13/h1-8,13-14H. The maximum Gasteiger partial charge on any atom is 0.0709 e. The number of hydrogen-bond donors (Lipinski definition) is 0. The van der Waals surface area contributed by atoms with Crippen LogP contribution in [0.4, 0.5) is 0 Å². The van der Waals surface area contributed by atoms with Crippen LogP contribution in [0.25, 0.3) is 0 Å². The molecule has 2 bridgehead atoms. The van der Waals surface area contributed by atoms with Gasteiger partial charge in [0.05, 0.1) is 5.77 Å². The minimum atomic E-state index is 0.434. The third kappa shape index (κ3) is 1.60. The summed E-state index contributed by atoms with van der Waals surface area (Å²) in [4.78, 5) is 0. The van der Waals surface area contributed by atoms with E-state index in [0.717, 1.165) is 0 Å². The van der Waals surface area contributed by atoms with Crippen molar-refractivity contribution in [2.45, 2.75) is 11.8 Å². The van der Waals surface area contributed by atoms with E-state index in [-0.39, 0.29) is 0 Å². The van der Waals surface area contributed by atoms with Crippen molar-refractivity contribution < 1.29 is 0 Å². The van der Waals surface area contributed by atoms with Crippen molar-refractivity contribution in [1.82, 2.24) is 0 Å². The van der Waals surface area contributed by atoms with Gasteiger partial charge in [0.15, 0.2) is 0 Å². The summed E-state index contributed by atoms with van der Waals surface area (Å²) in [5.41, 5.74) is 9.21. The van der Waals surface area contributed by atoms with E-state index in [2.05, 4.69) is 93.7 Å². The quantitative estimate of drug-likeness (QED) is 0.225. The fourth-order valence-corrected chi connectivity index (χ4v) is 8.59. The average Bonchev–Trinajstić information content (AvgIpc) is 2.83. The molecule has 0 amide bonds. The van der Waals surface area contributed by atoms with Crippen molar-refractivity contribution >= 4 is 56.5 Å². The van der Waals surface area contributed by atoms with E-state index in [0.29, 0.717) is 11.8 Å². The number of hydrogen-bond acceptors (Lipinski definition) is 1. The van der Waals surface area contributed by atoms with Gasteiger partial charge in [-0.1, -0.05) is 48.5 Å². The summed E-state index contributed by atoms with van der Waals surface area (Å²) in [6, 6.07) is 18.0. The minimum Gasteiger partial charge on any atom is -0.122 e. The minimum absolute atomic E-state index is 0.434. The van der Waals surface area contributed by atoms with Gasteiger partial charge in [0.25, 0.3) is 0 Å². The number of benzene rings is 2. The Hall–Kier alpha value is -0.400. The number of halogens is 2. The molecule has 0 unspecified atom stereocenters. The van der Waals surface area contributed by atoms with Crippen molar-refractivity contribution in [2.24, 2.45) is 0 Å². The molecule has 0 nitrogen and oxygen atoms in total. The Bertz CT molecular complexity index is 776. The first-order valence-corrected chi connectivity index (χ1v) is 9.90. The maximum absolute atomic E-state index is 2.53. The van der Waals surface area contributed by atoms with E-state index in [1.54, 1.807) is 11.1 Å². The molecule has 21 heavy (non-hydrogen) atoms. The lowest BCUT2D eigenvalue weighted by Crippen LogP contribution is -2.27. The van der Waals surface area contributed by atoms with Gasteiger partial charge >= 0.3 is 0 Å². The lowest BCUT2D eigenvalue weighted by molar-refractivity contribution is 0.755. The highest BCUT2D eigenvalue weighted by molar-refractivity contribution is 14.1. The summed E-state index contributed by atoms with van der Waals surface area (Å²) < 4.78 is 2.93. The van der Waals surface area contributed by atoms with Gasteiger partial charge in [-0.25, -0.2) is 0 Å². The van der Waals surface area contributed by atoms with Gasteiger partial charge in [-0.15, -0.1) is 11.3 Å². The highest BCUT2D eigenvalue weighted by atomic mass is 127. The predicted octanol–water partition coefficient (Wildman–Crippen LogP) is 5.94. The smallest absolute Gasteiger partial charge is 0.0709 e. The van der Waals surface area contributed by atoms with Crippen molar-refractivity contribution in [3.05, 3.63) is 87.7 Å². The second-order valence-electron chi connectivity index (χ2n) is 5.60.